The summed E-state index contributed by atoms with van der Waals surface area (Å²) in [5.74, 6) is -1.65. The Hall–Kier alpha value is -1.49. The van der Waals surface area contributed by atoms with Crippen LogP contribution in [0.4, 0.5) is 14.5 Å². The molecule has 0 bridgehead atoms. The zero-order valence-corrected chi connectivity index (χ0v) is 11.3. The van der Waals surface area contributed by atoms with Crippen molar-refractivity contribution in [2.75, 3.05) is 5.32 Å². The van der Waals surface area contributed by atoms with E-state index in [4.69, 9.17) is 0 Å². The molecule has 1 aromatic heterocycles. The maximum atomic E-state index is 13.4. The summed E-state index contributed by atoms with van der Waals surface area (Å²) in [6, 6.07) is 7.77. The second-order valence-electron chi connectivity index (χ2n) is 3.83. The van der Waals surface area contributed by atoms with Gasteiger partial charge in [-0.15, -0.1) is 0 Å². The number of anilines is 1. The molecular formula is C13H11BrF2N2. The van der Waals surface area contributed by atoms with E-state index in [2.05, 4.69) is 26.2 Å². The highest BCUT2D eigenvalue weighted by atomic mass is 79.9. The van der Waals surface area contributed by atoms with Crippen molar-refractivity contribution in [1.82, 2.24) is 4.98 Å². The fraction of sp³-hybridized carbons (Fsp3) is 0.154. The van der Waals surface area contributed by atoms with Gasteiger partial charge in [-0.1, -0.05) is 12.1 Å². The first-order valence-corrected chi connectivity index (χ1v) is 6.17. The summed E-state index contributed by atoms with van der Waals surface area (Å²) < 4.78 is 27.2. The lowest BCUT2D eigenvalue weighted by Gasteiger charge is -2.10. The van der Waals surface area contributed by atoms with E-state index in [-0.39, 0.29) is 12.1 Å². The Labute approximate surface area is 112 Å². The molecule has 0 unspecified atom stereocenters. The molecule has 1 heterocycles. The minimum atomic E-state index is -0.833. The molecule has 1 N–H and O–H groups in total. The molecule has 0 atom stereocenters. The molecule has 1 aromatic carbocycles. The van der Waals surface area contributed by atoms with Crippen LogP contribution in [0.1, 0.15) is 11.3 Å². The Bertz CT molecular complexity index is 573. The van der Waals surface area contributed by atoms with Crippen LogP contribution >= 0.6 is 15.9 Å². The van der Waals surface area contributed by atoms with Gasteiger partial charge in [0.05, 0.1) is 11.4 Å². The van der Waals surface area contributed by atoms with E-state index in [0.29, 0.717) is 0 Å². The number of hydrogen-bond donors (Lipinski definition) is 1. The molecule has 2 nitrogen and oxygen atoms in total. The molecule has 2 aromatic rings. The Morgan fingerprint density at radius 2 is 2.00 bits per heavy atom. The first kappa shape index (κ1) is 13.0. The van der Waals surface area contributed by atoms with Crippen LogP contribution < -0.4 is 5.32 Å². The summed E-state index contributed by atoms with van der Waals surface area (Å²) in [4.78, 5) is 4.21. The SMILES string of the molecule is Cc1nc(Br)ccc1NCc1cccc(F)c1F. The highest BCUT2D eigenvalue weighted by molar-refractivity contribution is 9.10. The molecule has 5 heteroatoms. The molecule has 94 valence electrons. The van der Waals surface area contributed by atoms with Gasteiger partial charge < -0.3 is 5.32 Å². The molecule has 0 saturated carbocycles. The smallest absolute Gasteiger partial charge is 0.163 e. The van der Waals surface area contributed by atoms with Crippen molar-refractivity contribution in [3.63, 3.8) is 0 Å². The quantitative estimate of drug-likeness (QED) is 0.865. The van der Waals surface area contributed by atoms with E-state index in [0.717, 1.165) is 22.1 Å². The largest absolute Gasteiger partial charge is 0.379 e. The fourth-order valence-electron chi connectivity index (χ4n) is 1.59. The molecule has 0 saturated heterocycles. The fourth-order valence-corrected chi connectivity index (χ4v) is 1.99. The molecule has 0 fully saturated rings. The topological polar surface area (TPSA) is 24.9 Å². The molecule has 0 aliphatic carbocycles. The molecule has 0 radical (unpaired) electrons. The van der Waals surface area contributed by atoms with Gasteiger partial charge in [0.15, 0.2) is 11.6 Å². The average Bonchev–Trinajstić information content (AvgIpc) is 2.33. The first-order chi connectivity index (χ1) is 8.58. The normalized spacial score (nSPS) is 10.4. The number of aryl methyl sites for hydroxylation is 1. The molecule has 0 spiro atoms. The van der Waals surface area contributed by atoms with Gasteiger partial charge in [-0.2, -0.15) is 0 Å². The van der Waals surface area contributed by atoms with Gasteiger partial charge in [0, 0.05) is 12.1 Å². The van der Waals surface area contributed by atoms with Crippen molar-refractivity contribution in [1.29, 1.82) is 0 Å². The minimum Gasteiger partial charge on any atom is -0.379 e. The van der Waals surface area contributed by atoms with Crippen molar-refractivity contribution >= 4 is 21.6 Å². The second-order valence-corrected chi connectivity index (χ2v) is 4.65. The number of nitrogens with zero attached hydrogens (tertiary/aromatic N) is 1. The van der Waals surface area contributed by atoms with E-state index in [9.17, 15) is 8.78 Å². The maximum absolute atomic E-state index is 13.4. The van der Waals surface area contributed by atoms with Crippen LogP contribution in [0, 0.1) is 18.6 Å². The van der Waals surface area contributed by atoms with Gasteiger partial charge in [-0.3, -0.25) is 0 Å². The number of benzene rings is 1. The maximum Gasteiger partial charge on any atom is 0.163 e. The summed E-state index contributed by atoms with van der Waals surface area (Å²) in [6.07, 6.45) is 0. The molecule has 18 heavy (non-hydrogen) atoms. The Morgan fingerprint density at radius 3 is 2.72 bits per heavy atom. The van der Waals surface area contributed by atoms with Gasteiger partial charge in [-0.25, -0.2) is 13.8 Å². The van der Waals surface area contributed by atoms with Gasteiger partial charge in [0.1, 0.15) is 4.60 Å². The van der Waals surface area contributed by atoms with E-state index in [1.165, 1.54) is 6.07 Å². The van der Waals surface area contributed by atoms with E-state index >= 15 is 0 Å². The lowest BCUT2D eigenvalue weighted by Crippen LogP contribution is -2.05. The third-order valence-corrected chi connectivity index (χ3v) is 2.99. The number of aromatic nitrogens is 1. The van der Waals surface area contributed by atoms with Crippen LogP contribution in [0.3, 0.4) is 0 Å². The Balaban J connectivity index is 2.14. The van der Waals surface area contributed by atoms with Gasteiger partial charge >= 0.3 is 0 Å². The average molecular weight is 313 g/mol. The molecule has 2 rings (SSSR count). The summed E-state index contributed by atoms with van der Waals surface area (Å²) in [5, 5.41) is 3.03. The highest BCUT2D eigenvalue weighted by Crippen LogP contribution is 2.18. The van der Waals surface area contributed by atoms with Crippen LogP contribution in [0.25, 0.3) is 0 Å². The lowest BCUT2D eigenvalue weighted by atomic mass is 10.2. The van der Waals surface area contributed by atoms with Crippen molar-refractivity contribution in [2.24, 2.45) is 0 Å². The van der Waals surface area contributed by atoms with Crippen LogP contribution in [0.2, 0.25) is 0 Å². The third-order valence-electron chi connectivity index (χ3n) is 2.55. The summed E-state index contributed by atoms with van der Waals surface area (Å²) in [7, 11) is 0. The van der Waals surface area contributed by atoms with Crippen molar-refractivity contribution < 1.29 is 8.78 Å². The van der Waals surface area contributed by atoms with Gasteiger partial charge in [0.25, 0.3) is 0 Å². The molecule has 0 aliphatic rings. The van der Waals surface area contributed by atoms with Crippen LogP contribution in [-0.2, 0) is 6.54 Å². The lowest BCUT2D eigenvalue weighted by molar-refractivity contribution is 0.500. The number of pyridine rings is 1. The van der Waals surface area contributed by atoms with Crippen LogP contribution in [0.5, 0.6) is 0 Å². The van der Waals surface area contributed by atoms with Crippen molar-refractivity contribution in [3.05, 3.63) is 57.8 Å². The summed E-state index contributed by atoms with van der Waals surface area (Å²) in [5.41, 5.74) is 1.88. The van der Waals surface area contributed by atoms with Crippen molar-refractivity contribution in [2.45, 2.75) is 13.5 Å². The predicted molar refractivity (Wildman–Crippen MR) is 70.4 cm³/mol. The highest BCUT2D eigenvalue weighted by Gasteiger charge is 2.07. The van der Waals surface area contributed by atoms with E-state index < -0.39 is 11.6 Å². The molecule has 0 amide bonds. The number of nitrogens with one attached hydrogen (secondary N) is 1. The number of halogens is 3. The second kappa shape index (κ2) is 5.44. The monoisotopic (exact) mass is 312 g/mol. The first-order valence-electron chi connectivity index (χ1n) is 5.38. The molecule has 0 aliphatic heterocycles. The zero-order valence-electron chi connectivity index (χ0n) is 9.67. The minimum absolute atomic E-state index is 0.216. The van der Waals surface area contributed by atoms with Crippen LogP contribution in [0.15, 0.2) is 34.9 Å². The van der Waals surface area contributed by atoms with Crippen LogP contribution in [-0.4, -0.2) is 4.98 Å². The third kappa shape index (κ3) is 2.85. The standard InChI is InChI=1S/C13H11BrF2N2/c1-8-11(5-6-12(14)18-8)17-7-9-3-2-4-10(15)13(9)16/h2-6,17H,7H2,1H3. The van der Waals surface area contributed by atoms with Gasteiger partial charge in [0.2, 0.25) is 0 Å². The van der Waals surface area contributed by atoms with Gasteiger partial charge in [-0.05, 0) is 41.1 Å². The number of hydrogen-bond acceptors (Lipinski definition) is 2. The van der Waals surface area contributed by atoms with Crippen molar-refractivity contribution in [3.8, 4) is 0 Å². The zero-order chi connectivity index (χ0) is 13.1. The Kier molecular flexibility index (Phi) is 3.91. The Morgan fingerprint density at radius 1 is 1.22 bits per heavy atom. The van der Waals surface area contributed by atoms with E-state index in [1.54, 1.807) is 12.1 Å². The number of rotatable bonds is 3. The molecular weight excluding hydrogens is 302 g/mol. The summed E-state index contributed by atoms with van der Waals surface area (Å²) >= 11 is 3.26. The van der Waals surface area contributed by atoms with E-state index in [1.807, 2.05) is 13.0 Å². The summed E-state index contributed by atoms with van der Waals surface area (Å²) in [6.45, 7) is 2.06. The predicted octanol–water partition coefficient (Wildman–Crippen LogP) is 4.04.